The number of aromatic nitrogens is 2. The normalized spacial score (nSPS) is 12.0. The Kier molecular flexibility index (Phi) is 12.4. The van der Waals surface area contributed by atoms with Crippen molar-refractivity contribution in [3.05, 3.63) is 245 Å². The largest absolute Gasteiger partial charge is 0.490 e. The summed E-state index contributed by atoms with van der Waals surface area (Å²) >= 11 is 0. The van der Waals surface area contributed by atoms with Gasteiger partial charge in [0.15, 0.2) is 0 Å². The van der Waals surface area contributed by atoms with Gasteiger partial charge in [0.1, 0.15) is 24.7 Å². The number of hydrogen-bond donors (Lipinski definition) is 1. The molecule has 1 radical (unpaired) electrons. The number of aryl methyl sites for hydroxylation is 3. The minimum Gasteiger partial charge on any atom is -0.490 e. The maximum absolute atomic E-state index is 12.5. The second-order valence-electron chi connectivity index (χ2n) is 15.5. The summed E-state index contributed by atoms with van der Waals surface area (Å²) < 4.78 is 12.0. The summed E-state index contributed by atoms with van der Waals surface area (Å²) in [5.41, 5.74) is 14.2. The SMILES string of the molecule is Cc1ccc(C2(c3ccc(OCCOc4ccc(C(=O)c5ccc[nH]5)cc4)cc3)c3cc(C)ccc3-c3ccc(C)cc32)cc1.[Ir].[c-]1ccccc1-c1nccc2ccccc12. The molecule has 1 N–H and O–H groups in total. The van der Waals surface area contributed by atoms with Gasteiger partial charge in [-0.2, -0.15) is 0 Å². The molecule has 2 heterocycles. The molecule has 0 unspecified atom stereocenters. The molecule has 1 aliphatic rings. The fourth-order valence-corrected chi connectivity index (χ4v) is 8.47. The number of aromatic amines is 1. The van der Waals surface area contributed by atoms with Gasteiger partial charge in [0, 0.05) is 38.1 Å². The van der Waals surface area contributed by atoms with Gasteiger partial charge in [0.2, 0.25) is 5.78 Å². The predicted molar refractivity (Wildman–Crippen MR) is 246 cm³/mol. The molecule has 9 aromatic rings. The van der Waals surface area contributed by atoms with Gasteiger partial charge in [-0.05, 0) is 125 Å². The number of nitrogens with one attached hydrogen (secondary N) is 1. The number of hydrogen-bond acceptors (Lipinski definition) is 4. The maximum Gasteiger partial charge on any atom is 0.209 e. The van der Waals surface area contributed by atoms with Crippen LogP contribution in [0, 0.1) is 26.8 Å². The first-order chi connectivity index (χ1) is 29.9. The summed E-state index contributed by atoms with van der Waals surface area (Å²) in [7, 11) is 0. The van der Waals surface area contributed by atoms with E-state index in [9.17, 15) is 4.79 Å². The number of pyridine rings is 1. The third-order valence-corrected chi connectivity index (χ3v) is 11.4. The van der Waals surface area contributed by atoms with Crippen LogP contribution in [0.2, 0.25) is 0 Å². The van der Waals surface area contributed by atoms with Crippen molar-refractivity contribution in [3.63, 3.8) is 0 Å². The quantitative estimate of drug-likeness (QED) is 0.0842. The molecule has 0 atom stereocenters. The first-order valence-electron chi connectivity index (χ1n) is 20.6. The van der Waals surface area contributed by atoms with Gasteiger partial charge >= 0.3 is 0 Å². The Bertz CT molecular complexity index is 2890. The van der Waals surface area contributed by atoms with Crippen molar-refractivity contribution in [2.75, 3.05) is 13.2 Å². The van der Waals surface area contributed by atoms with Crippen molar-refractivity contribution in [2.45, 2.75) is 26.2 Å². The van der Waals surface area contributed by atoms with Gasteiger partial charge in [0.05, 0.1) is 11.1 Å². The molecule has 5 nitrogen and oxygen atoms in total. The average molecular weight is 986 g/mol. The molecule has 0 saturated heterocycles. The molecule has 307 valence electrons. The number of carbonyl (C=O) groups excluding carboxylic acids is 1. The van der Waals surface area contributed by atoms with E-state index in [0.717, 1.165) is 17.0 Å². The van der Waals surface area contributed by atoms with Crippen LogP contribution in [-0.4, -0.2) is 29.0 Å². The Morgan fingerprint density at radius 1 is 0.613 bits per heavy atom. The molecular formula is C56H45IrN2O3-. The standard InChI is InChI=1S/C41H35NO3.C15H10N.Ir/c1-27-6-12-31(13-7-27)41(37-25-28(2)8-20-35(37)36-21-9-29(3)26-38(36)41)32-14-18-34(19-15-32)45-24-23-44-33-16-10-30(11-17-33)40(43)39-5-4-22-42-39;1-2-7-13(8-3-1)15-14-9-5-4-6-12(14)10-11-16-15;/h4-22,25-26,42H,23-24H2,1-3H3;1-7,9-11H;/q;-1;. The van der Waals surface area contributed by atoms with Crippen LogP contribution in [0.1, 0.15) is 55.0 Å². The summed E-state index contributed by atoms with van der Waals surface area (Å²) in [6.45, 7) is 7.27. The number of nitrogens with zero attached hydrogens (tertiary/aromatic N) is 1. The third kappa shape index (κ3) is 8.28. The predicted octanol–water partition coefficient (Wildman–Crippen LogP) is 12.7. The van der Waals surface area contributed by atoms with E-state index in [0.29, 0.717) is 30.2 Å². The van der Waals surface area contributed by atoms with Crippen molar-refractivity contribution in [1.82, 2.24) is 9.97 Å². The number of carbonyl (C=O) groups is 1. The molecule has 62 heavy (non-hydrogen) atoms. The van der Waals surface area contributed by atoms with Crippen molar-refractivity contribution >= 4 is 16.6 Å². The smallest absolute Gasteiger partial charge is 0.209 e. The van der Waals surface area contributed by atoms with E-state index in [1.165, 1.54) is 60.8 Å². The van der Waals surface area contributed by atoms with E-state index in [2.05, 4.69) is 134 Å². The number of fused-ring (bicyclic) bond motifs is 4. The van der Waals surface area contributed by atoms with Crippen LogP contribution in [-0.2, 0) is 25.5 Å². The zero-order chi connectivity index (χ0) is 41.8. The second kappa shape index (κ2) is 18.4. The summed E-state index contributed by atoms with van der Waals surface area (Å²) in [6, 6.07) is 63.5. The van der Waals surface area contributed by atoms with Crippen molar-refractivity contribution < 1.29 is 34.4 Å². The van der Waals surface area contributed by atoms with Crippen molar-refractivity contribution in [2.24, 2.45) is 0 Å². The van der Waals surface area contributed by atoms with Gasteiger partial charge < -0.3 is 19.4 Å². The Balaban J connectivity index is 0.000000260. The molecule has 0 bridgehead atoms. The summed E-state index contributed by atoms with van der Waals surface area (Å²) in [4.78, 5) is 19.9. The molecule has 7 aromatic carbocycles. The van der Waals surface area contributed by atoms with E-state index in [1.807, 2.05) is 66.9 Å². The van der Waals surface area contributed by atoms with E-state index < -0.39 is 5.41 Å². The first-order valence-corrected chi connectivity index (χ1v) is 20.6. The molecule has 0 saturated carbocycles. The fraction of sp³-hybridized carbons (Fsp3) is 0.107. The van der Waals surface area contributed by atoms with Crippen LogP contribution in [0.15, 0.2) is 188 Å². The van der Waals surface area contributed by atoms with Gasteiger partial charge in [-0.15, -0.1) is 35.9 Å². The molecule has 0 amide bonds. The van der Waals surface area contributed by atoms with Crippen LogP contribution in [0.25, 0.3) is 33.2 Å². The Labute approximate surface area is 376 Å². The van der Waals surface area contributed by atoms with Crippen molar-refractivity contribution in [3.8, 4) is 33.9 Å². The molecular weight excluding hydrogens is 941 g/mol. The maximum atomic E-state index is 12.5. The number of ether oxygens (including phenoxy) is 2. The number of benzene rings is 7. The van der Waals surface area contributed by atoms with Crippen LogP contribution < -0.4 is 9.47 Å². The molecule has 0 spiro atoms. The van der Waals surface area contributed by atoms with Crippen LogP contribution in [0.5, 0.6) is 11.5 Å². The molecule has 1 aliphatic carbocycles. The minimum absolute atomic E-state index is 0. The summed E-state index contributed by atoms with van der Waals surface area (Å²) in [5, 5.41) is 2.39. The zero-order valence-electron chi connectivity index (χ0n) is 34.8. The molecule has 10 rings (SSSR count). The number of ketones is 1. The van der Waals surface area contributed by atoms with Crippen molar-refractivity contribution in [1.29, 1.82) is 0 Å². The monoisotopic (exact) mass is 986 g/mol. The van der Waals surface area contributed by atoms with E-state index in [4.69, 9.17) is 9.47 Å². The molecule has 6 heteroatoms. The average Bonchev–Trinajstić information content (AvgIpc) is 3.94. The topological polar surface area (TPSA) is 64.2 Å². The Hall–Kier alpha value is -6.85. The van der Waals surface area contributed by atoms with Gasteiger partial charge in [-0.1, -0.05) is 114 Å². The van der Waals surface area contributed by atoms with Gasteiger partial charge in [-0.3, -0.25) is 4.79 Å². The molecule has 0 aliphatic heterocycles. The second-order valence-corrected chi connectivity index (χ2v) is 15.5. The van der Waals surface area contributed by atoms with E-state index >= 15 is 0 Å². The fourth-order valence-electron chi connectivity index (χ4n) is 8.47. The Morgan fingerprint density at radius 2 is 1.19 bits per heavy atom. The molecule has 2 aromatic heterocycles. The van der Waals surface area contributed by atoms with Crippen LogP contribution in [0.4, 0.5) is 0 Å². The van der Waals surface area contributed by atoms with Gasteiger partial charge in [-0.25, -0.2) is 0 Å². The first kappa shape index (κ1) is 41.9. The van der Waals surface area contributed by atoms with Crippen LogP contribution >= 0.6 is 0 Å². The summed E-state index contributed by atoms with van der Waals surface area (Å²) in [6.07, 6.45) is 3.59. The molecule has 0 fully saturated rings. The Morgan fingerprint density at radius 3 is 1.79 bits per heavy atom. The zero-order valence-corrected chi connectivity index (χ0v) is 37.2. The van der Waals surface area contributed by atoms with Crippen LogP contribution in [0.3, 0.4) is 0 Å². The summed E-state index contributed by atoms with van der Waals surface area (Å²) in [5.74, 6) is 1.44. The number of rotatable bonds is 10. The van der Waals surface area contributed by atoms with E-state index in [-0.39, 0.29) is 25.9 Å². The van der Waals surface area contributed by atoms with E-state index in [1.54, 1.807) is 24.4 Å². The van der Waals surface area contributed by atoms with Gasteiger partial charge in [0.25, 0.3) is 0 Å². The third-order valence-electron chi connectivity index (χ3n) is 11.4. The number of H-pyrrole nitrogens is 1. The minimum atomic E-state index is -0.438.